The molecule has 0 saturated heterocycles. The van der Waals surface area contributed by atoms with E-state index < -0.39 is 46.4 Å². The fourth-order valence-electron chi connectivity index (χ4n) is 1.80. The summed E-state index contributed by atoms with van der Waals surface area (Å²) in [5.74, 6) is -1.83. The van der Waals surface area contributed by atoms with E-state index in [4.69, 9.17) is 24.7 Å². The number of hydrogen-bond donors (Lipinski definition) is 6. The Labute approximate surface area is 153 Å². The zero-order chi connectivity index (χ0) is 20.8. The maximum atomic E-state index is 11.2. The Hall–Kier alpha value is -1.91. The van der Waals surface area contributed by atoms with Crippen LogP contribution in [0.15, 0.2) is 23.3 Å². The molecule has 0 unspecified atom stereocenters. The molecule has 0 saturated carbocycles. The quantitative estimate of drug-likeness (QED) is 0.237. The van der Waals surface area contributed by atoms with Crippen LogP contribution in [0.3, 0.4) is 0 Å². The zero-order valence-corrected chi connectivity index (χ0v) is 15.7. The van der Waals surface area contributed by atoms with Gasteiger partial charge < -0.3 is 29.8 Å². The molecule has 0 spiro atoms. The molecule has 0 fully saturated rings. The summed E-state index contributed by atoms with van der Waals surface area (Å²) in [5.41, 5.74) is -0.250. The molecular weight excluding hydrogens is 406 g/mol. The molecule has 150 valence electrons. The number of carboxylic acid groups (broad SMARTS) is 1. The van der Waals surface area contributed by atoms with Crippen molar-refractivity contribution in [1.29, 1.82) is 0 Å². The van der Waals surface area contributed by atoms with Gasteiger partial charge in [-0.3, -0.25) is 19.1 Å². The molecule has 0 bridgehead atoms. The Kier molecular flexibility index (Phi) is 8.00. The number of carboxylic acids is 1. The third-order valence-electron chi connectivity index (χ3n) is 3.06. The van der Waals surface area contributed by atoms with Crippen LogP contribution in [0.4, 0.5) is 0 Å². The lowest BCUT2D eigenvalue weighted by Crippen LogP contribution is -2.11. The fraction of sp³-hybridized carbons (Fsp3) is 0.308. The summed E-state index contributed by atoms with van der Waals surface area (Å²) in [6.07, 6.45) is 2.36. The van der Waals surface area contributed by atoms with Crippen LogP contribution >= 0.6 is 15.4 Å². The van der Waals surface area contributed by atoms with E-state index in [2.05, 4.69) is 14.5 Å². The summed E-state index contributed by atoms with van der Waals surface area (Å²) in [5, 5.41) is 19.2. The number of phosphoric acid groups is 1. The highest BCUT2D eigenvalue weighted by molar-refractivity contribution is 7.51. The van der Waals surface area contributed by atoms with E-state index in [1.807, 2.05) is 0 Å². The maximum absolute atomic E-state index is 11.2. The molecule has 0 amide bonds. The van der Waals surface area contributed by atoms with Gasteiger partial charge in [0.25, 0.3) is 0 Å². The highest BCUT2D eigenvalue weighted by Crippen LogP contribution is 2.38. The van der Waals surface area contributed by atoms with Crippen molar-refractivity contribution in [3.05, 3.63) is 35.2 Å². The van der Waals surface area contributed by atoms with E-state index in [1.54, 1.807) is 0 Å². The Morgan fingerprint density at radius 2 is 1.93 bits per heavy atom. The zero-order valence-electron chi connectivity index (χ0n) is 14.0. The number of pyridine rings is 1. The van der Waals surface area contributed by atoms with E-state index in [-0.39, 0.29) is 22.6 Å². The molecule has 1 rings (SSSR count). The molecule has 0 aliphatic carbocycles. The summed E-state index contributed by atoms with van der Waals surface area (Å²) in [7, 11) is -9.14. The minimum Gasteiger partial charge on any atom is -0.506 e. The fourth-order valence-corrected chi connectivity index (χ4v) is 2.48. The van der Waals surface area contributed by atoms with Crippen molar-refractivity contribution in [2.75, 3.05) is 6.16 Å². The van der Waals surface area contributed by atoms with Crippen molar-refractivity contribution in [2.24, 2.45) is 4.99 Å². The first-order chi connectivity index (χ1) is 12.3. The summed E-state index contributed by atoms with van der Waals surface area (Å²) in [6, 6.07) is 0. The number of allylic oxidation sites excluding steroid dienone is 1. The highest BCUT2D eigenvalue weighted by Gasteiger charge is 2.18. The van der Waals surface area contributed by atoms with Crippen molar-refractivity contribution in [1.82, 2.24) is 4.98 Å². The van der Waals surface area contributed by atoms with Crippen LogP contribution in [0.5, 0.6) is 5.75 Å². The van der Waals surface area contributed by atoms with Crippen LogP contribution < -0.4 is 0 Å². The number of aliphatic carboxylic acids is 1. The average Bonchev–Trinajstić information content (AvgIpc) is 2.50. The molecule has 6 N–H and O–H groups in total. The van der Waals surface area contributed by atoms with Gasteiger partial charge in [0.2, 0.25) is 0 Å². The van der Waals surface area contributed by atoms with E-state index in [0.717, 1.165) is 12.2 Å². The van der Waals surface area contributed by atoms with Crippen molar-refractivity contribution < 1.29 is 48.2 Å². The molecule has 14 heteroatoms. The Balaban J connectivity index is 3.14. The number of nitrogens with zero attached hydrogens (tertiary/aromatic N) is 2. The number of hydrogen-bond acceptors (Lipinski definition) is 7. The smallest absolute Gasteiger partial charge is 0.469 e. The number of aliphatic imine (C=N–C) groups is 1. The lowest BCUT2D eigenvalue weighted by Gasteiger charge is -2.12. The number of aryl methyl sites for hydroxylation is 1. The maximum Gasteiger partial charge on any atom is 0.469 e. The van der Waals surface area contributed by atoms with Gasteiger partial charge >= 0.3 is 21.4 Å². The normalized spacial score (nSPS) is 13.3. The van der Waals surface area contributed by atoms with Gasteiger partial charge in [-0.15, -0.1) is 0 Å². The molecule has 27 heavy (non-hydrogen) atoms. The van der Waals surface area contributed by atoms with Crippen LogP contribution in [-0.2, 0) is 31.6 Å². The van der Waals surface area contributed by atoms with E-state index in [0.29, 0.717) is 0 Å². The Morgan fingerprint density at radius 1 is 1.30 bits per heavy atom. The van der Waals surface area contributed by atoms with Crippen LogP contribution in [0, 0.1) is 6.92 Å². The van der Waals surface area contributed by atoms with E-state index in [9.17, 15) is 19.0 Å². The molecule has 0 radical (unpaired) electrons. The molecule has 1 heterocycles. The SMILES string of the molecule is Cc1ncc(COP(=O)(O)O)c(C/N=C(/C=C/CP(=O)(O)O)C(=O)O)c1O. The summed E-state index contributed by atoms with van der Waals surface area (Å²) >= 11 is 0. The predicted molar refractivity (Wildman–Crippen MR) is 92.3 cm³/mol. The molecule has 0 aliphatic rings. The first kappa shape index (κ1) is 23.1. The standard InChI is InChI=1S/C13H18N2O10P2/c1-8-12(16)10(9(5-14-8)7-25-27(22,23)24)6-15-11(13(17)18)3-2-4-26(19,20)21/h2-3,5,16H,4,6-7H2,1H3,(H,17,18)(H2,19,20,21)(H2,22,23,24)/b3-2+,15-11-. The molecule has 0 atom stereocenters. The molecule has 0 aromatic carbocycles. The second kappa shape index (κ2) is 9.34. The third kappa shape index (κ3) is 8.55. The summed E-state index contributed by atoms with van der Waals surface area (Å²) in [6.45, 7) is 0.442. The second-order valence-electron chi connectivity index (χ2n) is 5.22. The monoisotopic (exact) mass is 424 g/mol. The van der Waals surface area contributed by atoms with Gasteiger partial charge in [-0.2, -0.15) is 0 Å². The number of phosphoric ester groups is 1. The van der Waals surface area contributed by atoms with Crippen molar-refractivity contribution in [3.8, 4) is 5.75 Å². The largest absolute Gasteiger partial charge is 0.506 e. The minimum absolute atomic E-state index is 0.0399. The Morgan fingerprint density at radius 3 is 2.44 bits per heavy atom. The number of aromatic hydroxyl groups is 1. The second-order valence-corrected chi connectivity index (χ2v) is 8.15. The van der Waals surface area contributed by atoms with Crippen LogP contribution in [-0.4, -0.2) is 52.6 Å². The van der Waals surface area contributed by atoms with Gasteiger partial charge in [0, 0.05) is 17.3 Å². The van der Waals surface area contributed by atoms with E-state index >= 15 is 0 Å². The van der Waals surface area contributed by atoms with Gasteiger partial charge in [-0.1, -0.05) is 6.08 Å². The molecule has 1 aromatic heterocycles. The van der Waals surface area contributed by atoms with E-state index in [1.165, 1.54) is 13.1 Å². The van der Waals surface area contributed by atoms with Crippen molar-refractivity contribution in [2.45, 2.75) is 20.1 Å². The third-order valence-corrected chi connectivity index (χ3v) is 4.22. The van der Waals surface area contributed by atoms with Crippen LogP contribution in [0.25, 0.3) is 0 Å². The summed E-state index contributed by atoms with van der Waals surface area (Å²) in [4.78, 5) is 53.9. The molecule has 12 nitrogen and oxygen atoms in total. The molecule has 1 aromatic rings. The minimum atomic E-state index is -4.79. The number of carbonyl (C=O) groups is 1. The lowest BCUT2D eigenvalue weighted by molar-refractivity contribution is -0.129. The van der Waals surface area contributed by atoms with Gasteiger partial charge in [0.05, 0.1) is 25.0 Å². The van der Waals surface area contributed by atoms with Gasteiger partial charge in [0.1, 0.15) is 11.5 Å². The van der Waals surface area contributed by atoms with Gasteiger partial charge in [-0.05, 0) is 13.0 Å². The highest BCUT2D eigenvalue weighted by atomic mass is 31.2. The number of rotatable bonds is 9. The van der Waals surface area contributed by atoms with Gasteiger partial charge in [0.15, 0.2) is 0 Å². The Bertz CT molecular complexity index is 855. The molecule has 0 aliphatic heterocycles. The number of aromatic nitrogens is 1. The van der Waals surface area contributed by atoms with Crippen LogP contribution in [0.1, 0.15) is 16.8 Å². The topological polar surface area (TPSA) is 207 Å². The first-order valence-electron chi connectivity index (χ1n) is 7.15. The van der Waals surface area contributed by atoms with Crippen molar-refractivity contribution >= 4 is 27.1 Å². The lowest BCUT2D eigenvalue weighted by atomic mass is 10.1. The average molecular weight is 424 g/mol. The van der Waals surface area contributed by atoms with Crippen LogP contribution in [0.2, 0.25) is 0 Å². The first-order valence-corrected chi connectivity index (χ1v) is 10.5. The van der Waals surface area contributed by atoms with Gasteiger partial charge in [-0.25, -0.2) is 9.36 Å². The predicted octanol–water partition coefficient (Wildman–Crippen LogP) is 0.464. The van der Waals surface area contributed by atoms with Crippen molar-refractivity contribution in [3.63, 3.8) is 0 Å². The summed E-state index contributed by atoms with van der Waals surface area (Å²) < 4.78 is 26.0. The molecular formula is C13H18N2O10P2.